The standard InChI is InChI=1S/C27H41N5OS/c1-17(2)26-30-29-19(4)32(26)23-15-21-9-10-22(16-23)31(21)13-11-24(25-18(3)12-14-34-25)28-27(33)20-7-5-6-8-20/h12,14,17,20-24H,5-11,13,15-16H2,1-4H3,(H,28,33)/t21-,22+,23?,24-/m0/s1. The van der Waals surface area contributed by atoms with Crippen molar-refractivity contribution in [3.63, 3.8) is 0 Å². The smallest absolute Gasteiger partial charge is 0.223 e. The van der Waals surface area contributed by atoms with E-state index in [0.717, 1.165) is 37.5 Å². The molecule has 1 aliphatic carbocycles. The minimum atomic E-state index is 0.137. The van der Waals surface area contributed by atoms with E-state index in [2.05, 4.69) is 64.1 Å². The van der Waals surface area contributed by atoms with Crippen molar-refractivity contribution in [2.24, 2.45) is 5.92 Å². The van der Waals surface area contributed by atoms with Crippen molar-refractivity contribution < 1.29 is 4.79 Å². The van der Waals surface area contributed by atoms with E-state index in [1.54, 1.807) is 11.3 Å². The van der Waals surface area contributed by atoms with Crippen molar-refractivity contribution >= 4 is 17.2 Å². The van der Waals surface area contributed by atoms with Crippen molar-refractivity contribution in [3.05, 3.63) is 33.5 Å². The Balaban J connectivity index is 1.26. The molecule has 0 radical (unpaired) electrons. The number of hydrogen-bond acceptors (Lipinski definition) is 5. The SMILES string of the molecule is Cc1ccsc1[C@H](CCN1[C@@H]2CC[C@H]1CC(n1c(C)nnc1C(C)C)C2)NC(=O)C1CCCC1. The van der Waals surface area contributed by atoms with E-state index in [9.17, 15) is 4.79 Å². The van der Waals surface area contributed by atoms with E-state index in [1.807, 2.05) is 0 Å². The van der Waals surface area contributed by atoms with Crippen LogP contribution in [-0.4, -0.2) is 44.2 Å². The third-order valence-corrected chi connectivity index (χ3v) is 9.70. The second-order valence-electron chi connectivity index (χ2n) is 11.2. The maximum Gasteiger partial charge on any atom is 0.223 e. The molecule has 0 aromatic carbocycles. The highest BCUT2D eigenvalue weighted by molar-refractivity contribution is 7.10. The summed E-state index contributed by atoms with van der Waals surface area (Å²) in [6.45, 7) is 9.79. The van der Waals surface area contributed by atoms with Gasteiger partial charge in [-0.25, -0.2) is 0 Å². The number of hydrogen-bond donors (Lipinski definition) is 1. The van der Waals surface area contributed by atoms with Gasteiger partial charge in [-0.05, 0) is 75.8 Å². The normalized spacial score (nSPS) is 26.4. The molecule has 4 heterocycles. The van der Waals surface area contributed by atoms with Gasteiger partial charge in [0.25, 0.3) is 0 Å². The van der Waals surface area contributed by atoms with Gasteiger partial charge in [0.1, 0.15) is 11.6 Å². The van der Waals surface area contributed by atoms with Crippen LogP contribution in [0.4, 0.5) is 0 Å². The van der Waals surface area contributed by atoms with E-state index in [-0.39, 0.29) is 17.9 Å². The van der Waals surface area contributed by atoms with E-state index in [4.69, 9.17) is 0 Å². The highest BCUT2D eigenvalue weighted by Crippen LogP contribution is 2.42. The zero-order valence-electron chi connectivity index (χ0n) is 21.3. The van der Waals surface area contributed by atoms with Crippen LogP contribution < -0.4 is 5.32 Å². The Labute approximate surface area is 208 Å². The van der Waals surface area contributed by atoms with Gasteiger partial charge in [0, 0.05) is 41.4 Å². The number of carbonyl (C=O) groups excluding carboxylic acids is 1. The third kappa shape index (κ3) is 4.70. The molecule has 2 aromatic heterocycles. The number of nitrogens with zero attached hydrogens (tertiary/aromatic N) is 4. The Morgan fingerprint density at radius 1 is 1.09 bits per heavy atom. The zero-order valence-corrected chi connectivity index (χ0v) is 22.1. The number of fused-ring (bicyclic) bond motifs is 2. The van der Waals surface area contributed by atoms with E-state index in [1.165, 1.54) is 49.0 Å². The van der Waals surface area contributed by atoms with E-state index in [0.29, 0.717) is 24.0 Å². The fourth-order valence-corrected chi connectivity index (χ4v) is 7.83. The molecule has 1 N–H and O–H groups in total. The maximum absolute atomic E-state index is 13.0. The van der Waals surface area contributed by atoms with Crippen LogP contribution in [0.1, 0.15) is 112 Å². The lowest BCUT2D eigenvalue weighted by Crippen LogP contribution is -2.45. The quantitative estimate of drug-likeness (QED) is 0.524. The molecule has 1 amide bonds. The van der Waals surface area contributed by atoms with E-state index < -0.39 is 0 Å². The lowest BCUT2D eigenvalue weighted by molar-refractivity contribution is -0.125. The zero-order chi connectivity index (χ0) is 23.8. The first-order valence-electron chi connectivity index (χ1n) is 13.4. The van der Waals surface area contributed by atoms with Gasteiger partial charge in [0.2, 0.25) is 5.91 Å². The van der Waals surface area contributed by atoms with E-state index >= 15 is 0 Å². The average Bonchev–Trinajstić information content (AvgIpc) is 3.59. The first kappa shape index (κ1) is 24.0. The molecule has 3 aliphatic rings. The number of thiophene rings is 1. The first-order chi connectivity index (χ1) is 16.4. The van der Waals surface area contributed by atoms with Crippen molar-refractivity contribution in [1.82, 2.24) is 25.0 Å². The second-order valence-corrected chi connectivity index (χ2v) is 12.1. The molecule has 2 saturated heterocycles. The highest BCUT2D eigenvalue weighted by atomic mass is 32.1. The van der Waals surface area contributed by atoms with Crippen LogP contribution in [-0.2, 0) is 4.79 Å². The van der Waals surface area contributed by atoms with Crippen LogP contribution in [0, 0.1) is 19.8 Å². The van der Waals surface area contributed by atoms with Crippen LogP contribution >= 0.6 is 11.3 Å². The van der Waals surface area contributed by atoms with Gasteiger partial charge in [-0.3, -0.25) is 9.69 Å². The summed E-state index contributed by atoms with van der Waals surface area (Å²) in [5.41, 5.74) is 1.31. The molecule has 2 bridgehead atoms. The largest absolute Gasteiger partial charge is 0.348 e. The van der Waals surface area contributed by atoms with Gasteiger partial charge >= 0.3 is 0 Å². The number of nitrogens with one attached hydrogen (secondary N) is 1. The molecule has 34 heavy (non-hydrogen) atoms. The summed E-state index contributed by atoms with van der Waals surface area (Å²) >= 11 is 1.80. The van der Waals surface area contributed by atoms with Crippen LogP contribution in [0.2, 0.25) is 0 Å². The summed E-state index contributed by atoms with van der Waals surface area (Å²) < 4.78 is 2.44. The molecule has 1 saturated carbocycles. The van der Waals surface area contributed by atoms with Crippen molar-refractivity contribution in [2.75, 3.05) is 6.54 Å². The minimum Gasteiger partial charge on any atom is -0.348 e. The fourth-order valence-electron chi connectivity index (χ4n) is 6.82. The van der Waals surface area contributed by atoms with Gasteiger partial charge < -0.3 is 9.88 Å². The second kappa shape index (κ2) is 10.1. The fraction of sp³-hybridized carbons (Fsp3) is 0.741. The molecule has 2 aromatic rings. The molecule has 6 nitrogen and oxygen atoms in total. The summed E-state index contributed by atoms with van der Waals surface area (Å²) in [5, 5.41) is 14.6. The van der Waals surface area contributed by atoms with Crippen molar-refractivity contribution in [2.45, 2.75) is 116 Å². The van der Waals surface area contributed by atoms with Gasteiger partial charge in [-0.2, -0.15) is 0 Å². The van der Waals surface area contributed by atoms with Crippen LogP contribution in [0.3, 0.4) is 0 Å². The predicted octanol–water partition coefficient (Wildman–Crippen LogP) is 5.69. The lowest BCUT2D eigenvalue weighted by atomic mass is 9.95. The number of piperidine rings is 1. The topological polar surface area (TPSA) is 63.1 Å². The molecular weight excluding hydrogens is 442 g/mol. The van der Waals surface area contributed by atoms with Crippen molar-refractivity contribution in [1.29, 1.82) is 0 Å². The molecule has 5 rings (SSSR count). The molecule has 1 unspecified atom stereocenters. The Hall–Kier alpha value is -1.73. The van der Waals surface area contributed by atoms with Crippen LogP contribution in [0.15, 0.2) is 11.4 Å². The van der Waals surface area contributed by atoms with Crippen LogP contribution in [0.5, 0.6) is 0 Å². The Morgan fingerprint density at radius 2 is 1.79 bits per heavy atom. The summed E-state index contributed by atoms with van der Waals surface area (Å²) in [6.07, 6.45) is 10.5. The Bertz CT molecular complexity index is 977. The Morgan fingerprint density at radius 3 is 2.41 bits per heavy atom. The Kier molecular flexibility index (Phi) is 7.12. The molecule has 3 fully saturated rings. The summed E-state index contributed by atoms with van der Waals surface area (Å²) in [6, 6.07) is 4.09. The number of rotatable bonds is 8. The first-order valence-corrected chi connectivity index (χ1v) is 14.3. The predicted molar refractivity (Wildman–Crippen MR) is 137 cm³/mol. The number of aryl methyl sites for hydroxylation is 2. The summed E-state index contributed by atoms with van der Waals surface area (Å²) in [7, 11) is 0. The molecule has 186 valence electrons. The lowest BCUT2D eigenvalue weighted by Gasteiger charge is -2.40. The third-order valence-electron chi connectivity index (χ3n) is 8.57. The summed E-state index contributed by atoms with van der Waals surface area (Å²) in [5.74, 6) is 3.09. The number of amides is 1. The van der Waals surface area contributed by atoms with Crippen molar-refractivity contribution in [3.8, 4) is 0 Å². The van der Waals surface area contributed by atoms with Gasteiger partial charge in [-0.1, -0.05) is 26.7 Å². The van der Waals surface area contributed by atoms with Gasteiger partial charge in [0.05, 0.1) is 6.04 Å². The van der Waals surface area contributed by atoms with Gasteiger partial charge in [-0.15, -0.1) is 21.5 Å². The highest BCUT2D eigenvalue weighted by Gasteiger charge is 2.42. The number of carbonyl (C=O) groups is 1. The van der Waals surface area contributed by atoms with Gasteiger partial charge in [0.15, 0.2) is 0 Å². The number of aromatic nitrogens is 3. The molecule has 7 heteroatoms. The monoisotopic (exact) mass is 483 g/mol. The molecular formula is C27H41N5OS. The molecule has 0 spiro atoms. The average molecular weight is 484 g/mol. The van der Waals surface area contributed by atoms with Crippen LogP contribution in [0.25, 0.3) is 0 Å². The minimum absolute atomic E-state index is 0.137. The molecule has 4 atom stereocenters. The summed E-state index contributed by atoms with van der Waals surface area (Å²) in [4.78, 5) is 17.1. The maximum atomic E-state index is 13.0. The molecule has 2 aliphatic heterocycles.